The number of hydrogen-bond donors (Lipinski definition) is 1. The predicted molar refractivity (Wildman–Crippen MR) is 87.7 cm³/mol. The molecule has 0 amide bonds. The Balaban J connectivity index is 1.95. The fourth-order valence-electron chi connectivity index (χ4n) is 1.86. The topological polar surface area (TPSA) is 34.4 Å². The molecule has 108 valence electrons. The van der Waals surface area contributed by atoms with Crippen LogP contribution in [-0.2, 0) is 11.3 Å². The average molecular weight is 403 g/mol. The predicted octanol–water partition coefficient (Wildman–Crippen LogP) is 4.60. The van der Waals surface area contributed by atoms with Crippen LogP contribution in [-0.4, -0.2) is 20.3 Å². The lowest BCUT2D eigenvalue weighted by Gasteiger charge is -2.03. The molecule has 0 aliphatic heterocycles. The minimum absolute atomic E-state index is 0.734. The first-order valence-corrected chi connectivity index (χ1v) is 8.03. The second-order valence-corrected chi connectivity index (χ2v) is 6.18. The second-order valence-electron chi connectivity index (χ2n) is 4.41. The van der Waals surface area contributed by atoms with E-state index in [-0.39, 0.29) is 0 Å². The summed E-state index contributed by atoms with van der Waals surface area (Å²) in [5, 5.41) is 3.33. The largest absolute Gasteiger partial charge is 0.460 e. The van der Waals surface area contributed by atoms with E-state index in [1.165, 1.54) is 0 Å². The van der Waals surface area contributed by atoms with Gasteiger partial charge in [0.05, 0.1) is 6.54 Å². The highest BCUT2D eigenvalue weighted by Gasteiger charge is 2.08. The summed E-state index contributed by atoms with van der Waals surface area (Å²) in [6.07, 6.45) is 1.00. The molecule has 0 unspecified atom stereocenters. The standard InChI is InChI=1S/C15H17Br2NO2/c1-19-8-2-7-18-10-12-4-6-15(20-12)13-5-3-11(16)9-14(13)17/h3-6,9,18H,2,7-8,10H2,1H3. The van der Waals surface area contributed by atoms with E-state index < -0.39 is 0 Å². The maximum absolute atomic E-state index is 5.86. The number of furan rings is 1. The van der Waals surface area contributed by atoms with Crippen LogP contribution in [0.15, 0.2) is 43.7 Å². The van der Waals surface area contributed by atoms with Gasteiger partial charge < -0.3 is 14.5 Å². The molecule has 20 heavy (non-hydrogen) atoms. The Hall–Kier alpha value is -0.620. The Morgan fingerprint density at radius 2 is 2.05 bits per heavy atom. The number of hydrogen-bond acceptors (Lipinski definition) is 3. The molecule has 0 atom stereocenters. The third-order valence-corrected chi connectivity index (χ3v) is 4.01. The molecule has 5 heteroatoms. The second kappa shape index (κ2) is 7.98. The van der Waals surface area contributed by atoms with E-state index in [0.29, 0.717) is 0 Å². The molecule has 0 aliphatic rings. The van der Waals surface area contributed by atoms with Gasteiger partial charge in [-0.15, -0.1) is 0 Å². The molecule has 0 saturated heterocycles. The minimum Gasteiger partial charge on any atom is -0.460 e. The normalized spacial score (nSPS) is 10.9. The molecule has 1 N–H and O–H groups in total. The SMILES string of the molecule is COCCCNCc1ccc(-c2ccc(Br)cc2Br)o1. The van der Waals surface area contributed by atoms with Crippen molar-refractivity contribution in [3.8, 4) is 11.3 Å². The molecule has 1 heterocycles. The molecular weight excluding hydrogens is 386 g/mol. The maximum Gasteiger partial charge on any atom is 0.135 e. The van der Waals surface area contributed by atoms with E-state index in [1.807, 2.05) is 30.3 Å². The van der Waals surface area contributed by atoms with Crippen molar-refractivity contribution in [2.75, 3.05) is 20.3 Å². The van der Waals surface area contributed by atoms with Gasteiger partial charge >= 0.3 is 0 Å². The van der Waals surface area contributed by atoms with Gasteiger partial charge in [-0.05, 0) is 59.2 Å². The van der Waals surface area contributed by atoms with Crippen molar-refractivity contribution in [1.29, 1.82) is 0 Å². The van der Waals surface area contributed by atoms with E-state index in [9.17, 15) is 0 Å². The van der Waals surface area contributed by atoms with E-state index >= 15 is 0 Å². The number of benzene rings is 1. The summed E-state index contributed by atoms with van der Waals surface area (Å²) in [5.74, 6) is 1.81. The fraction of sp³-hybridized carbons (Fsp3) is 0.333. The van der Waals surface area contributed by atoms with Crippen molar-refractivity contribution in [3.63, 3.8) is 0 Å². The first kappa shape index (κ1) is 15.8. The molecule has 0 saturated carbocycles. The number of rotatable bonds is 7. The van der Waals surface area contributed by atoms with E-state index in [0.717, 1.165) is 52.1 Å². The summed E-state index contributed by atoms with van der Waals surface area (Å²) >= 11 is 7.00. The molecular formula is C15H17Br2NO2. The van der Waals surface area contributed by atoms with Crippen LogP contribution in [0.1, 0.15) is 12.2 Å². The van der Waals surface area contributed by atoms with Crippen LogP contribution < -0.4 is 5.32 Å². The summed E-state index contributed by atoms with van der Waals surface area (Å²) < 4.78 is 12.9. The Morgan fingerprint density at radius 3 is 2.80 bits per heavy atom. The van der Waals surface area contributed by atoms with Gasteiger partial charge in [0.15, 0.2) is 0 Å². The molecule has 0 radical (unpaired) electrons. The Bertz CT molecular complexity index is 555. The lowest BCUT2D eigenvalue weighted by molar-refractivity contribution is 0.194. The molecule has 1 aromatic carbocycles. The molecule has 2 rings (SSSR count). The Kier molecular flexibility index (Phi) is 6.29. The molecule has 0 bridgehead atoms. The number of ether oxygens (including phenoxy) is 1. The van der Waals surface area contributed by atoms with Crippen LogP contribution in [0, 0.1) is 0 Å². The van der Waals surface area contributed by atoms with Crippen molar-refractivity contribution in [3.05, 3.63) is 45.0 Å². The van der Waals surface area contributed by atoms with Crippen LogP contribution in [0.3, 0.4) is 0 Å². The highest BCUT2D eigenvalue weighted by molar-refractivity contribution is 9.11. The van der Waals surface area contributed by atoms with Crippen LogP contribution >= 0.6 is 31.9 Å². The zero-order valence-electron chi connectivity index (χ0n) is 11.3. The van der Waals surface area contributed by atoms with Crippen LogP contribution in [0.5, 0.6) is 0 Å². The first-order chi connectivity index (χ1) is 9.70. The molecule has 0 spiro atoms. The monoisotopic (exact) mass is 401 g/mol. The van der Waals surface area contributed by atoms with Crippen LogP contribution in [0.2, 0.25) is 0 Å². The van der Waals surface area contributed by atoms with E-state index in [4.69, 9.17) is 9.15 Å². The zero-order valence-corrected chi connectivity index (χ0v) is 14.5. The van der Waals surface area contributed by atoms with Gasteiger partial charge in [-0.25, -0.2) is 0 Å². The first-order valence-electron chi connectivity index (χ1n) is 6.44. The van der Waals surface area contributed by atoms with Crippen molar-refractivity contribution >= 4 is 31.9 Å². The van der Waals surface area contributed by atoms with E-state index in [2.05, 4.69) is 37.2 Å². The summed E-state index contributed by atoms with van der Waals surface area (Å²) in [6, 6.07) is 10.1. The smallest absolute Gasteiger partial charge is 0.135 e. The van der Waals surface area contributed by atoms with Crippen molar-refractivity contribution in [2.45, 2.75) is 13.0 Å². The number of methoxy groups -OCH3 is 1. The lowest BCUT2D eigenvalue weighted by atomic mass is 10.2. The molecule has 0 aliphatic carbocycles. The average Bonchev–Trinajstić information content (AvgIpc) is 2.87. The fourth-order valence-corrected chi connectivity index (χ4v) is 3.10. The van der Waals surface area contributed by atoms with Gasteiger partial charge in [-0.3, -0.25) is 0 Å². The third kappa shape index (κ3) is 4.45. The summed E-state index contributed by atoms with van der Waals surface area (Å²) in [5.41, 5.74) is 1.05. The third-order valence-electron chi connectivity index (χ3n) is 2.86. The Morgan fingerprint density at radius 1 is 1.20 bits per heavy atom. The van der Waals surface area contributed by atoms with Gasteiger partial charge in [-0.1, -0.05) is 15.9 Å². The molecule has 0 fully saturated rings. The minimum atomic E-state index is 0.734. The molecule has 3 nitrogen and oxygen atoms in total. The molecule has 1 aromatic heterocycles. The van der Waals surface area contributed by atoms with Gasteiger partial charge in [0.25, 0.3) is 0 Å². The maximum atomic E-state index is 5.86. The lowest BCUT2D eigenvalue weighted by Crippen LogP contribution is -2.15. The van der Waals surface area contributed by atoms with Gasteiger partial charge in [0, 0.05) is 28.2 Å². The van der Waals surface area contributed by atoms with Gasteiger partial charge in [0.2, 0.25) is 0 Å². The number of nitrogens with one attached hydrogen (secondary N) is 1. The zero-order chi connectivity index (χ0) is 14.4. The summed E-state index contributed by atoms with van der Waals surface area (Å²) in [6.45, 7) is 2.44. The van der Waals surface area contributed by atoms with Gasteiger partial charge in [0.1, 0.15) is 11.5 Å². The summed E-state index contributed by atoms with van der Waals surface area (Å²) in [4.78, 5) is 0. The van der Waals surface area contributed by atoms with Gasteiger partial charge in [-0.2, -0.15) is 0 Å². The van der Waals surface area contributed by atoms with Crippen molar-refractivity contribution < 1.29 is 9.15 Å². The van der Waals surface area contributed by atoms with Crippen molar-refractivity contribution in [1.82, 2.24) is 5.32 Å². The highest BCUT2D eigenvalue weighted by atomic mass is 79.9. The van der Waals surface area contributed by atoms with Crippen LogP contribution in [0.25, 0.3) is 11.3 Å². The van der Waals surface area contributed by atoms with Crippen LogP contribution in [0.4, 0.5) is 0 Å². The van der Waals surface area contributed by atoms with E-state index in [1.54, 1.807) is 7.11 Å². The number of halogens is 2. The highest BCUT2D eigenvalue weighted by Crippen LogP contribution is 2.31. The van der Waals surface area contributed by atoms with Crippen molar-refractivity contribution in [2.24, 2.45) is 0 Å². The Labute approximate surface area is 136 Å². The summed E-state index contributed by atoms with van der Waals surface area (Å²) in [7, 11) is 1.72. The quantitative estimate of drug-likeness (QED) is 0.687. The molecule has 2 aromatic rings.